The lowest BCUT2D eigenvalue weighted by molar-refractivity contribution is 0.460. The van der Waals surface area contributed by atoms with Crippen molar-refractivity contribution in [1.82, 2.24) is 13.4 Å². The fraction of sp³-hybridized carbons (Fsp3) is 0.636. The van der Waals surface area contributed by atoms with E-state index in [4.69, 9.17) is 5.73 Å². The van der Waals surface area contributed by atoms with Crippen molar-refractivity contribution < 1.29 is 8.42 Å². The van der Waals surface area contributed by atoms with E-state index in [0.29, 0.717) is 0 Å². The average Bonchev–Trinajstić information content (AvgIpc) is 2.72. The van der Waals surface area contributed by atoms with Crippen LogP contribution >= 0.6 is 12.4 Å². The fourth-order valence-electron chi connectivity index (χ4n) is 2.23. The monoisotopic (exact) mass is 338 g/mol. The number of nitrogens with zero attached hydrogens (tertiary/aromatic N) is 3. The van der Waals surface area contributed by atoms with Gasteiger partial charge in [0.25, 0.3) is 5.56 Å². The van der Waals surface area contributed by atoms with Gasteiger partial charge in [-0.2, -0.15) is 4.31 Å². The zero-order valence-electron chi connectivity index (χ0n) is 12.0. The first-order chi connectivity index (χ1) is 9.16. The molecule has 2 heterocycles. The van der Waals surface area contributed by atoms with Gasteiger partial charge in [0, 0.05) is 39.4 Å². The second kappa shape index (κ2) is 5.91. The van der Waals surface area contributed by atoms with Crippen molar-refractivity contribution in [1.29, 1.82) is 0 Å². The molecule has 2 unspecified atom stereocenters. The maximum atomic E-state index is 12.5. The Morgan fingerprint density at radius 2 is 1.81 bits per heavy atom. The van der Waals surface area contributed by atoms with Crippen LogP contribution in [0.15, 0.2) is 20.7 Å². The highest BCUT2D eigenvalue weighted by molar-refractivity contribution is 7.89. The molecule has 2 atom stereocenters. The first kappa shape index (κ1) is 17.9. The Bertz CT molecular complexity index is 744. The van der Waals surface area contributed by atoms with Crippen LogP contribution < -0.4 is 17.0 Å². The largest absolute Gasteiger partial charge is 0.330 e. The highest BCUT2D eigenvalue weighted by atomic mass is 35.5. The van der Waals surface area contributed by atoms with Crippen LogP contribution in [0.4, 0.5) is 0 Å². The molecule has 0 aliphatic carbocycles. The summed E-state index contributed by atoms with van der Waals surface area (Å²) in [6, 6.07) is -0.249. The van der Waals surface area contributed by atoms with Crippen LogP contribution in [0.25, 0.3) is 0 Å². The third-order valence-corrected chi connectivity index (χ3v) is 5.48. The van der Waals surface area contributed by atoms with Crippen molar-refractivity contribution in [3.63, 3.8) is 0 Å². The smallest absolute Gasteiger partial charge is 0.326 e. The van der Waals surface area contributed by atoms with E-state index in [2.05, 4.69) is 0 Å². The zero-order chi connectivity index (χ0) is 15.2. The summed E-state index contributed by atoms with van der Waals surface area (Å²) < 4.78 is 28.1. The number of aryl methyl sites for hydroxylation is 1. The van der Waals surface area contributed by atoms with Crippen LogP contribution in [0.2, 0.25) is 0 Å². The lowest BCUT2D eigenvalue weighted by atomic mass is 10.1. The summed E-state index contributed by atoms with van der Waals surface area (Å²) in [6.45, 7) is 2.31. The van der Waals surface area contributed by atoms with Gasteiger partial charge in [-0.05, 0) is 5.92 Å². The number of sulfonamides is 1. The highest BCUT2D eigenvalue weighted by Gasteiger charge is 2.37. The summed E-state index contributed by atoms with van der Waals surface area (Å²) in [5.41, 5.74) is 4.43. The molecular weight excluding hydrogens is 320 g/mol. The minimum absolute atomic E-state index is 0. The van der Waals surface area contributed by atoms with E-state index >= 15 is 0 Å². The molecule has 1 aliphatic heterocycles. The molecule has 1 aromatic rings. The van der Waals surface area contributed by atoms with E-state index in [1.165, 1.54) is 18.4 Å². The van der Waals surface area contributed by atoms with Crippen molar-refractivity contribution in [3.05, 3.63) is 27.0 Å². The molecule has 0 aromatic carbocycles. The van der Waals surface area contributed by atoms with Crippen molar-refractivity contribution in [2.75, 3.05) is 13.1 Å². The van der Waals surface area contributed by atoms with Gasteiger partial charge in [-0.1, -0.05) is 6.92 Å². The number of hydrogen-bond acceptors (Lipinski definition) is 5. The van der Waals surface area contributed by atoms with Crippen LogP contribution in [0.3, 0.4) is 0 Å². The van der Waals surface area contributed by atoms with Crippen LogP contribution in [0, 0.1) is 5.92 Å². The first-order valence-corrected chi connectivity index (χ1v) is 7.62. The number of halogens is 1. The molecule has 2 N–H and O–H groups in total. The number of hydrogen-bond donors (Lipinski definition) is 1. The molecule has 0 radical (unpaired) electrons. The van der Waals surface area contributed by atoms with Gasteiger partial charge in [0.05, 0.1) is 0 Å². The Morgan fingerprint density at radius 3 is 2.29 bits per heavy atom. The molecule has 8 nitrogen and oxygen atoms in total. The summed E-state index contributed by atoms with van der Waals surface area (Å²) in [6.07, 6.45) is 1.06. The Kier molecular flexibility index (Phi) is 5.04. The number of aromatic nitrogens is 2. The number of nitrogens with two attached hydrogens (primary N) is 1. The van der Waals surface area contributed by atoms with Crippen molar-refractivity contribution in [3.8, 4) is 0 Å². The van der Waals surface area contributed by atoms with Gasteiger partial charge < -0.3 is 10.3 Å². The van der Waals surface area contributed by atoms with Gasteiger partial charge in [-0.25, -0.2) is 13.2 Å². The Hall–Kier alpha value is -1.16. The van der Waals surface area contributed by atoms with Crippen LogP contribution in [0.5, 0.6) is 0 Å². The third kappa shape index (κ3) is 2.91. The molecule has 0 bridgehead atoms. The molecule has 21 heavy (non-hydrogen) atoms. The van der Waals surface area contributed by atoms with Crippen molar-refractivity contribution in [2.24, 2.45) is 25.7 Å². The van der Waals surface area contributed by atoms with Crippen molar-refractivity contribution >= 4 is 22.4 Å². The van der Waals surface area contributed by atoms with E-state index < -0.39 is 26.2 Å². The summed E-state index contributed by atoms with van der Waals surface area (Å²) in [7, 11) is -1.28. The normalized spacial score (nSPS) is 23.0. The van der Waals surface area contributed by atoms with E-state index in [1.54, 1.807) is 0 Å². The van der Waals surface area contributed by atoms with Gasteiger partial charge in [-0.3, -0.25) is 9.36 Å². The van der Waals surface area contributed by atoms with E-state index in [1.807, 2.05) is 6.92 Å². The van der Waals surface area contributed by atoms with E-state index in [-0.39, 0.29) is 37.5 Å². The lowest BCUT2D eigenvalue weighted by Crippen LogP contribution is -2.42. The molecule has 1 saturated heterocycles. The number of rotatable bonds is 2. The molecule has 10 heteroatoms. The standard InChI is InChI=1S/C11H18N4O4S.ClH/c1-7-4-15(5-8(7)12)20(18,19)9-6-13(2)11(17)14(3)10(9)16;/h6-8H,4-5,12H2,1-3H3;1H. The summed E-state index contributed by atoms with van der Waals surface area (Å²) in [5.74, 6) is 0.0289. The van der Waals surface area contributed by atoms with E-state index in [0.717, 1.165) is 15.3 Å². The third-order valence-electron chi connectivity index (χ3n) is 3.67. The Morgan fingerprint density at radius 1 is 1.24 bits per heavy atom. The fourth-order valence-corrected chi connectivity index (χ4v) is 3.96. The molecular formula is C11H19ClN4O4S. The quantitative estimate of drug-likeness (QED) is 0.704. The summed E-state index contributed by atoms with van der Waals surface area (Å²) >= 11 is 0. The molecule has 2 rings (SSSR count). The van der Waals surface area contributed by atoms with Crippen LogP contribution in [-0.2, 0) is 24.1 Å². The SMILES string of the molecule is CC1CN(S(=O)(=O)c2cn(C)c(=O)n(C)c2=O)CC1N.Cl. The Balaban J connectivity index is 0.00000220. The molecule has 0 amide bonds. The topological polar surface area (TPSA) is 107 Å². The molecule has 1 fully saturated rings. The van der Waals surface area contributed by atoms with Gasteiger partial charge >= 0.3 is 5.69 Å². The molecule has 120 valence electrons. The van der Waals surface area contributed by atoms with Gasteiger partial charge in [0.1, 0.15) is 0 Å². The van der Waals surface area contributed by atoms with Gasteiger partial charge in [-0.15, -0.1) is 12.4 Å². The highest BCUT2D eigenvalue weighted by Crippen LogP contribution is 2.21. The predicted molar refractivity (Wildman–Crippen MR) is 80.1 cm³/mol. The first-order valence-electron chi connectivity index (χ1n) is 6.18. The minimum Gasteiger partial charge on any atom is -0.326 e. The van der Waals surface area contributed by atoms with Gasteiger partial charge in [0.15, 0.2) is 4.90 Å². The van der Waals surface area contributed by atoms with Gasteiger partial charge in [0.2, 0.25) is 10.0 Å². The summed E-state index contributed by atoms with van der Waals surface area (Å²) in [5, 5.41) is 0. The molecule has 0 saturated carbocycles. The second-order valence-corrected chi connectivity index (χ2v) is 7.12. The zero-order valence-corrected chi connectivity index (χ0v) is 13.6. The molecule has 1 aliphatic rings. The molecule has 1 aromatic heterocycles. The Labute approximate surface area is 128 Å². The van der Waals surface area contributed by atoms with Crippen LogP contribution in [-0.4, -0.2) is 41.0 Å². The molecule has 0 spiro atoms. The minimum atomic E-state index is -3.94. The lowest BCUT2D eigenvalue weighted by Gasteiger charge is -2.16. The average molecular weight is 339 g/mol. The van der Waals surface area contributed by atoms with Crippen LogP contribution in [0.1, 0.15) is 6.92 Å². The summed E-state index contributed by atoms with van der Waals surface area (Å²) in [4.78, 5) is 23.2. The van der Waals surface area contributed by atoms with E-state index in [9.17, 15) is 18.0 Å². The second-order valence-electron chi connectivity index (χ2n) is 5.21. The van der Waals surface area contributed by atoms with Crippen molar-refractivity contribution in [2.45, 2.75) is 17.9 Å². The predicted octanol–water partition coefficient (Wildman–Crippen LogP) is -1.53. The maximum absolute atomic E-state index is 12.5. The maximum Gasteiger partial charge on any atom is 0.330 e.